The fourth-order valence-corrected chi connectivity index (χ4v) is 4.18. The van der Waals surface area contributed by atoms with Gasteiger partial charge in [-0.25, -0.2) is 8.42 Å². The summed E-state index contributed by atoms with van der Waals surface area (Å²) in [5, 5.41) is 0. The van der Waals surface area contributed by atoms with Crippen molar-refractivity contribution < 1.29 is 13.2 Å². The van der Waals surface area contributed by atoms with Crippen LogP contribution in [0, 0.1) is 6.92 Å². The molecular weight excluding hydrogens is 348 g/mol. The predicted octanol–water partition coefficient (Wildman–Crippen LogP) is 3.79. The Bertz CT molecular complexity index is 971. The lowest BCUT2D eigenvalue weighted by Crippen LogP contribution is -2.30. The molecule has 3 aromatic rings. The normalized spacial score (nSPS) is 11.2. The predicted molar refractivity (Wildman–Crippen MR) is 102 cm³/mol. The van der Waals surface area contributed by atoms with Crippen LogP contribution in [0.15, 0.2) is 78.0 Å². The first-order valence-electron chi connectivity index (χ1n) is 8.13. The minimum atomic E-state index is -3.73. The van der Waals surface area contributed by atoms with E-state index in [0.717, 1.165) is 11.1 Å². The van der Waals surface area contributed by atoms with E-state index in [1.807, 2.05) is 19.1 Å². The lowest BCUT2D eigenvalue weighted by atomic mass is 10.2. The Kier molecular flexibility index (Phi) is 5.23. The van der Waals surface area contributed by atoms with Crippen LogP contribution in [-0.4, -0.2) is 20.5 Å². The van der Waals surface area contributed by atoms with Gasteiger partial charge in [0.15, 0.2) is 0 Å². The molecule has 0 N–H and O–H groups in total. The molecule has 0 aliphatic heterocycles. The van der Waals surface area contributed by atoms with E-state index in [9.17, 15) is 8.42 Å². The highest BCUT2D eigenvalue weighted by Crippen LogP contribution is 2.28. The van der Waals surface area contributed by atoms with Crippen LogP contribution >= 0.6 is 0 Å². The summed E-state index contributed by atoms with van der Waals surface area (Å²) in [6, 6.07) is 17.5. The highest BCUT2D eigenvalue weighted by Gasteiger charge is 2.25. The highest BCUT2D eigenvalue weighted by molar-refractivity contribution is 7.92. The van der Waals surface area contributed by atoms with Crippen LogP contribution < -0.4 is 9.04 Å². The number of methoxy groups -OCH3 is 1. The third-order valence-corrected chi connectivity index (χ3v) is 5.76. The number of ether oxygens (including phenoxy) is 1. The van der Waals surface area contributed by atoms with E-state index in [1.54, 1.807) is 68.0 Å². The van der Waals surface area contributed by atoms with Gasteiger partial charge in [-0.15, -0.1) is 0 Å². The second-order valence-corrected chi connectivity index (χ2v) is 7.75. The van der Waals surface area contributed by atoms with Gasteiger partial charge in [-0.2, -0.15) is 0 Å². The number of nitrogens with zero attached hydrogens (tertiary/aromatic N) is 2. The van der Waals surface area contributed by atoms with Crippen molar-refractivity contribution in [2.75, 3.05) is 11.4 Å². The zero-order valence-electron chi connectivity index (χ0n) is 14.7. The summed E-state index contributed by atoms with van der Waals surface area (Å²) in [5.41, 5.74) is 2.26. The molecule has 134 valence electrons. The number of pyridine rings is 1. The molecule has 6 heteroatoms. The molecule has 0 spiro atoms. The van der Waals surface area contributed by atoms with Crippen molar-refractivity contribution in [3.63, 3.8) is 0 Å². The van der Waals surface area contributed by atoms with Crippen molar-refractivity contribution in [2.45, 2.75) is 18.4 Å². The van der Waals surface area contributed by atoms with E-state index < -0.39 is 10.0 Å². The first-order valence-corrected chi connectivity index (χ1v) is 9.57. The molecular formula is C20H20N2O3S. The van der Waals surface area contributed by atoms with Gasteiger partial charge in [-0.05, 0) is 60.5 Å². The van der Waals surface area contributed by atoms with Gasteiger partial charge in [0, 0.05) is 12.4 Å². The molecule has 0 radical (unpaired) electrons. The van der Waals surface area contributed by atoms with Gasteiger partial charge in [-0.3, -0.25) is 9.29 Å². The summed E-state index contributed by atoms with van der Waals surface area (Å²) in [6.07, 6.45) is 3.33. The monoisotopic (exact) mass is 368 g/mol. The van der Waals surface area contributed by atoms with Crippen molar-refractivity contribution >= 4 is 15.7 Å². The quantitative estimate of drug-likeness (QED) is 0.664. The van der Waals surface area contributed by atoms with Crippen molar-refractivity contribution in [3.05, 3.63) is 84.2 Å². The van der Waals surface area contributed by atoms with Crippen LogP contribution in [0.5, 0.6) is 5.75 Å². The average Bonchev–Trinajstić information content (AvgIpc) is 2.67. The smallest absolute Gasteiger partial charge is 0.264 e. The Morgan fingerprint density at radius 1 is 1.04 bits per heavy atom. The summed E-state index contributed by atoms with van der Waals surface area (Å²) in [5.74, 6) is 0.669. The van der Waals surface area contributed by atoms with Gasteiger partial charge in [-0.1, -0.05) is 18.2 Å². The molecule has 1 aromatic heterocycles. The molecule has 0 amide bonds. The number of anilines is 1. The SMILES string of the molecule is COc1ccc(N(Cc2cccnc2)S(=O)(=O)c2cccc(C)c2)cc1. The van der Waals surface area contributed by atoms with Crippen molar-refractivity contribution in [2.24, 2.45) is 0 Å². The molecule has 26 heavy (non-hydrogen) atoms. The van der Waals surface area contributed by atoms with Crippen LogP contribution in [0.3, 0.4) is 0 Å². The lowest BCUT2D eigenvalue weighted by molar-refractivity contribution is 0.415. The number of aromatic nitrogens is 1. The average molecular weight is 368 g/mol. The number of sulfonamides is 1. The summed E-state index contributed by atoms with van der Waals surface area (Å²) in [6.45, 7) is 2.06. The highest BCUT2D eigenvalue weighted by atomic mass is 32.2. The maximum absolute atomic E-state index is 13.3. The molecule has 0 unspecified atom stereocenters. The summed E-state index contributed by atoms with van der Waals surface area (Å²) in [4.78, 5) is 4.35. The fourth-order valence-electron chi connectivity index (χ4n) is 2.62. The van der Waals surface area contributed by atoms with E-state index in [2.05, 4.69) is 4.98 Å². The van der Waals surface area contributed by atoms with Gasteiger partial charge < -0.3 is 4.74 Å². The van der Waals surface area contributed by atoms with Crippen molar-refractivity contribution in [1.29, 1.82) is 0 Å². The molecule has 1 heterocycles. The van der Waals surface area contributed by atoms with Gasteiger partial charge in [0.05, 0.1) is 24.2 Å². The van der Waals surface area contributed by atoms with Crippen LogP contribution in [0.2, 0.25) is 0 Å². The van der Waals surface area contributed by atoms with E-state index in [0.29, 0.717) is 11.4 Å². The van der Waals surface area contributed by atoms with Gasteiger partial charge >= 0.3 is 0 Å². The lowest BCUT2D eigenvalue weighted by Gasteiger charge is -2.25. The molecule has 0 bridgehead atoms. The number of rotatable bonds is 6. The zero-order valence-corrected chi connectivity index (χ0v) is 15.5. The zero-order chi connectivity index (χ0) is 18.6. The van der Waals surface area contributed by atoms with E-state index >= 15 is 0 Å². The summed E-state index contributed by atoms with van der Waals surface area (Å²) >= 11 is 0. The van der Waals surface area contributed by atoms with Crippen molar-refractivity contribution in [1.82, 2.24) is 4.98 Å². The Balaban J connectivity index is 2.06. The second kappa shape index (κ2) is 7.58. The molecule has 3 rings (SSSR count). The Hall–Kier alpha value is -2.86. The van der Waals surface area contributed by atoms with E-state index in [4.69, 9.17) is 4.74 Å². The number of benzene rings is 2. The molecule has 0 saturated carbocycles. The molecule has 0 fully saturated rings. The first-order chi connectivity index (χ1) is 12.5. The molecule has 0 aliphatic rings. The van der Waals surface area contributed by atoms with Crippen LogP contribution in [0.1, 0.15) is 11.1 Å². The van der Waals surface area contributed by atoms with E-state index in [-0.39, 0.29) is 11.4 Å². The maximum atomic E-state index is 13.3. The molecule has 0 atom stereocenters. The number of hydrogen-bond donors (Lipinski definition) is 0. The van der Waals surface area contributed by atoms with Crippen LogP contribution in [0.4, 0.5) is 5.69 Å². The van der Waals surface area contributed by atoms with Gasteiger partial charge in [0.25, 0.3) is 10.0 Å². The third-order valence-electron chi connectivity index (χ3n) is 3.99. The molecule has 0 aliphatic carbocycles. The molecule has 5 nitrogen and oxygen atoms in total. The minimum absolute atomic E-state index is 0.191. The maximum Gasteiger partial charge on any atom is 0.264 e. The van der Waals surface area contributed by atoms with Crippen LogP contribution in [0.25, 0.3) is 0 Å². The Morgan fingerprint density at radius 3 is 2.42 bits per heavy atom. The summed E-state index contributed by atoms with van der Waals surface area (Å²) in [7, 11) is -2.15. The number of aryl methyl sites for hydroxylation is 1. The van der Waals surface area contributed by atoms with Crippen molar-refractivity contribution in [3.8, 4) is 5.75 Å². The second-order valence-electron chi connectivity index (χ2n) is 5.89. The Labute approximate surface area is 153 Å². The molecule has 0 saturated heterocycles. The standard InChI is InChI=1S/C20H20N2O3S/c1-16-5-3-7-20(13-16)26(23,24)22(15-17-6-4-12-21-14-17)18-8-10-19(25-2)11-9-18/h3-14H,15H2,1-2H3. The van der Waals surface area contributed by atoms with E-state index in [1.165, 1.54) is 4.31 Å². The minimum Gasteiger partial charge on any atom is -0.497 e. The van der Waals surface area contributed by atoms with Gasteiger partial charge in [0.2, 0.25) is 0 Å². The van der Waals surface area contributed by atoms with Gasteiger partial charge in [0.1, 0.15) is 5.75 Å². The topological polar surface area (TPSA) is 59.5 Å². The van der Waals surface area contributed by atoms with Crippen LogP contribution in [-0.2, 0) is 16.6 Å². The largest absolute Gasteiger partial charge is 0.497 e. The summed E-state index contributed by atoms with van der Waals surface area (Å²) < 4.78 is 33.2. The third kappa shape index (κ3) is 3.86. The number of hydrogen-bond acceptors (Lipinski definition) is 4. The Morgan fingerprint density at radius 2 is 1.81 bits per heavy atom. The first kappa shape index (κ1) is 17.9. The fraction of sp³-hybridized carbons (Fsp3) is 0.150. The molecule has 2 aromatic carbocycles.